The van der Waals surface area contributed by atoms with Gasteiger partial charge in [-0.25, -0.2) is 4.98 Å². The normalized spacial score (nSPS) is 10.4. The SMILES string of the molecule is CNCc1ccc([N+](=O)[O-])c(OCc2nccs2)c1. The Morgan fingerprint density at radius 1 is 1.53 bits per heavy atom. The molecule has 0 atom stereocenters. The van der Waals surface area contributed by atoms with E-state index in [1.807, 2.05) is 12.4 Å². The molecule has 0 amide bonds. The first-order valence-corrected chi connectivity index (χ1v) is 6.51. The second-order valence-corrected chi connectivity index (χ2v) is 4.78. The van der Waals surface area contributed by atoms with Crippen molar-refractivity contribution in [2.45, 2.75) is 13.2 Å². The Balaban J connectivity index is 2.19. The van der Waals surface area contributed by atoms with Crippen LogP contribution in [0, 0.1) is 10.1 Å². The van der Waals surface area contributed by atoms with Gasteiger partial charge in [-0.05, 0) is 18.7 Å². The summed E-state index contributed by atoms with van der Waals surface area (Å²) in [6.45, 7) is 0.868. The number of benzene rings is 1. The quantitative estimate of drug-likeness (QED) is 0.648. The van der Waals surface area contributed by atoms with E-state index in [2.05, 4.69) is 10.3 Å². The standard InChI is InChI=1S/C12H13N3O3S/c1-13-7-9-2-3-10(15(16)17)11(6-9)18-8-12-14-4-5-19-12/h2-6,13H,7-8H2,1H3. The number of aromatic nitrogens is 1. The number of nitro benzene ring substituents is 1. The Labute approximate surface area is 114 Å². The van der Waals surface area contributed by atoms with Gasteiger partial charge in [-0.2, -0.15) is 0 Å². The van der Waals surface area contributed by atoms with Crippen molar-refractivity contribution in [3.05, 3.63) is 50.5 Å². The fourth-order valence-corrected chi connectivity index (χ4v) is 2.13. The zero-order valence-corrected chi connectivity index (χ0v) is 11.1. The van der Waals surface area contributed by atoms with Crippen LogP contribution in [0.2, 0.25) is 0 Å². The molecule has 0 aliphatic carbocycles. The van der Waals surface area contributed by atoms with Gasteiger partial charge in [0.05, 0.1) is 4.92 Å². The van der Waals surface area contributed by atoms with Crippen LogP contribution in [0.1, 0.15) is 10.6 Å². The smallest absolute Gasteiger partial charge is 0.310 e. The van der Waals surface area contributed by atoms with Crippen molar-refractivity contribution in [3.63, 3.8) is 0 Å². The molecule has 0 aliphatic heterocycles. The third-order valence-corrected chi connectivity index (χ3v) is 3.19. The molecule has 7 heteroatoms. The summed E-state index contributed by atoms with van der Waals surface area (Å²) < 4.78 is 5.51. The minimum absolute atomic E-state index is 0.0311. The molecule has 0 bridgehead atoms. The van der Waals surface area contributed by atoms with E-state index in [-0.39, 0.29) is 18.0 Å². The van der Waals surface area contributed by atoms with Crippen molar-refractivity contribution in [3.8, 4) is 5.75 Å². The summed E-state index contributed by atoms with van der Waals surface area (Å²) in [5.74, 6) is 0.271. The lowest BCUT2D eigenvalue weighted by Crippen LogP contribution is -2.06. The minimum Gasteiger partial charge on any atom is -0.479 e. The fraction of sp³-hybridized carbons (Fsp3) is 0.250. The van der Waals surface area contributed by atoms with E-state index < -0.39 is 4.92 Å². The molecule has 2 aromatic rings. The van der Waals surface area contributed by atoms with Gasteiger partial charge < -0.3 is 10.1 Å². The average Bonchev–Trinajstić information content (AvgIpc) is 2.89. The Morgan fingerprint density at radius 2 is 2.37 bits per heavy atom. The Bertz CT molecular complexity index is 557. The number of nitro groups is 1. The number of thiazole rings is 1. The highest BCUT2D eigenvalue weighted by Gasteiger charge is 2.16. The molecule has 1 heterocycles. The van der Waals surface area contributed by atoms with Crippen molar-refractivity contribution in [2.75, 3.05) is 7.05 Å². The van der Waals surface area contributed by atoms with Crippen LogP contribution in [0.4, 0.5) is 5.69 Å². The van der Waals surface area contributed by atoms with Gasteiger partial charge >= 0.3 is 5.69 Å². The second-order valence-electron chi connectivity index (χ2n) is 3.80. The molecule has 0 fully saturated rings. The lowest BCUT2D eigenvalue weighted by atomic mass is 10.2. The zero-order valence-electron chi connectivity index (χ0n) is 10.3. The van der Waals surface area contributed by atoms with Gasteiger partial charge in [-0.1, -0.05) is 6.07 Å². The predicted molar refractivity (Wildman–Crippen MR) is 72.3 cm³/mol. The number of rotatable bonds is 6. The van der Waals surface area contributed by atoms with E-state index in [4.69, 9.17) is 4.74 Å². The Morgan fingerprint density at radius 3 is 3.00 bits per heavy atom. The largest absolute Gasteiger partial charge is 0.479 e. The van der Waals surface area contributed by atoms with E-state index in [1.54, 1.807) is 18.3 Å². The molecule has 0 radical (unpaired) electrons. The summed E-state index contributed by atoms with van der Waals surface area (Å²) in [7, 11) is 1.82. The predicted octanol–water partition coefficient (Wildman–Crippen LogP) is 2.35. The number of nitrogens with zero attached hydrogens (tertiary/aromatic N) is 2. The van der Waals surface area contributed by atoms with Crippen LogP contribution < -0.4 is 10.1 Å². The first-order chi connectivity index (χ1) is 9.20. The number of hydrogen-bond donors (Lipinski definition) is 1. The van der Waals surface area contributed by atoms with Crippen molar-refractivity contribution >= 4 is 17.0 Å². The third-order valence-electron chi connectivity index (χ3n) is 2.44. The highest BCUT2D eigenvalue weighted by Crippen LogP contribution is 2.28. The molecule has 2 rings (SSSR count). The van der Waals surface area contributed by atoms with Crippen molar-refractivity contribution in [2.24, 2.45) is 0 Å². The molecule has 19 heavy (non-hydrogen) atoms. The van der Waals surface area contributed by atoms with Gasteiger partial charge in [0.1, 0.15) is 11.6 Å². The molecule has 1 aromatic heterocycles. The van der Waals surface area contributed by atoms with Gasteiger partial charge in [0.2, 0.25) is 0 Å². The highest BCUT2D eigenvalue weighted by molar-refractivity contribution is 7.09. The maximum atomic E-state index is 10.9. The third kappa shape index (κ3) is 3.49. The van der Waals surface area contributed by atoms with Crippen LogP contribution >= 0.6 is 11.3 Å². The molecule has 0 saturated carbocycles. The van der Waals surface area contributed by atoms with Crippen LogP contribution in [-0.2, 0) is 13.2 Å². The van der Waals surface area contributed by atoms with Gasteiger partial charge in [0.15, 0.2) is 5.75 Å². The van der Waals surface area contributed by atoms with Crippen LogP contribution in [0.5, 0.6) is 5.75 Å². The van der Waals surface area contributed by atoms with Crippen LogP contribution in [-0.4, -0.2) is 17.0 Å². The molecular weight excluding hydrogens is 266 g/mol. The summed E-state index contributed by atoms with van der Waals surface area (Å²) >= 11 is 1.45. The highest BCUT2D eigenvalue weighted by atomic mass is 32.1. The van der Waals surface area contributed by atoms with Gasteiger partial charge in [-0.15, -0.1) is 11.3 Å². The molecule has 0 aliphatic rings. The Kier molecular flexibility index (Phi) is 4.43. The van der Waals surface area contributed by atoms with E-state index in [0.29, 0.717) is 6.54 Å². The molecule has 1 N–H and O–H groups in total. The first kappa shape index (κ1) is 13.4. The molecule has 6 nitrogen and oxygen atoms in total. The van der Waals surface area contributed by atoms with Crippen LogP contribution in [0.15, 0.2) is 29.8 Å². The summed E-state index contributed by atoms with van der Waals surface area (Å²) in [5, 5.41) is 16.6. The second kappa shape index (κ2) is 6.26. The van der Waals surface area contributed by atoms with Crippen molar-refractivity contribution in [1.29, 1.82) is 0 Å². The van der Waals surface area contributed by atoms with Crippen LogP contribution in [0.3, 0.4) is 0 Å². The number of nitrogens with one attached hydrogen (secondary N) is 1. The van der Waals surface area contributed by atoms with Gasteiger partial charge in [-0.3, -0.25) is 10.1 Å². The zero-order chi connectivity index (χ0) is 13.7. The molecule has 1 aromatic carbocycles. The lowest BCUT2D eigenvalue weighted by Gasteiger charge is -2.07. The Hall–Kier alpha value is -1.99. The number of ether oxygens (including phenoxy) is 1. The monoisotopic (exact) mass is 279 g/mol. The van der Waals surface area contributed by atoms with E-state index in [0.717, 1.165) is 10.6 Å². The molecule has 100 valence electrons. The maximum absolute atomic E-state index is 10.9. The summed E-state index contributed by atoms with van der Waals surface area (Å²) in [6, 6.07) is 4.86. The average molecular weight is 279 g/mol. The fourth-order valence-electron chi connectivity index (χ4n) is 1.60. The topological polar surface area (TPSA) is 77.3 Å². The molecule has 0 saturated heterocycles. The first-order valence-electron chi connectivity index (χ1n) is 5.64. The van der Waals surface area contributed by atoms with Gasteiger partial charge in [0.25, 0.3) is 0 Å². The number of hydrogen-bond acceptors (Lipinski definition) is 6. The van der Waals surface area contributed by atoms with Crippen molar-refractivity contribution in [1.82, 2.24) is 10.3 Å². The van der Waals surface area contributed by atoms with Crippen LogP contribution in [0.25, 0.3) is 0 Å². The van der Waals surface area contributed by atoms with Gasteiger partial charge in [0, 0.05) is 24.2 Å². The van der Waals surface area contributed by atoms with Crippen molar-refractivity contribution < 1.29 is 9.66 Å². The summed E-state index contributed by atoms with van der Waals surface area (Å²) in [5.41, 5.74) is 0.902. The lowest BCUT2D eigenvalue weighted by molar-refractivity contribution is -0.386. The summed E-state index contributed by atoms with van der Waals surface area (Å²) in [4.78, 5) is 14.6. The molecule has 0 spiro atoms. The summed E-state index contributed by atoms with van der Waals surface area (Å²) in [6.07, 6.45) is 1.68. The minimum atomic E-state index is -0.444. The van der Waals surface area contributed by atoms with E-state index >= 15 is 0 Å². The molecular formula is C12H13N3O3S. The maximum Gasteiger partial charge on any atom is 0.310 e. The van der Waals surface area contributed by atoms with E-state index in [1.165, 1.54) is 17.4 Å². The van der Waals surface area contributed by atoms with E-state index in [9.17, 15) is 10.1 Å². The molecule has 0 unspecified atom stereocenters.